The van der Waals surface area contributed by atoms with Crippen LogP contribution in [0.3, 0.4) is 0 Å². The number of carboxylic acids is 1. The standard InChI is InChI=1S/C30H28BN6.C7H6O2.Zn/c1-22-19-28(25-13-7-4-8-14-25)32-35(22)31(36-23(2)20-29(33-36)26-15-9-5-10-16-26)37-24(3)21-30(34-37)27-17-11-6-12-18-27;8-7(9)6-4-2-1-3-5-6;/h4-21,31H,1-3H3;1-5H,(H,8,9);/q-1;;+2/p-1. The van der Waals surface area contributed by atoms with Crippen LogP contribution in [0, 0.1) is 20.8 Å². The van der Waals surface area contributed by atoms with E-state index < -0.39 is 13.1 Å². The third kappa shape index (κ3) is 7.40. The van der Waals surface area contributed by atoms with E-state index in [0.717, 1.165) is 50.9 Å². The molecule has 0 aliphatic rings. The number of aromatic carboxylic acids is 1. The molecule has 0 radical (unpaired) electrons. The predicted molar refractivity (Wildman–Crippen MR) is 181 cm³/mol. The molecule has 7 aromatic rings. The number of carbonyl (C=O) groups excluding carboxylic acids is 1. The van der Waals surface area contributed by atoms with Crippen LogP contribution in [0.15, 0.2) is 140 Å². The van der Waals surface area contributed by atoms with E-state index in [1.54, 1.807) is 18.2 Å². The molecule has 0 aliphatic heterocycles. The van der Waals surface area contributed by atoms with Crippen LogP contribution in [-0.2, 0) is 19.5 Å². The fourth-order valence-electron chi connectivity index (χ4n) is 5.59. The van der Waals surface area contributed by atoms with Gasteiger partial charge in [-0.15, -0.1) is 0 Å². The Labute approximate surface area is 287 Å². The summed E-state index contributed by atoms with van der Waals surface area (Å²) in [5.41, 5.74) is 9.50. The first kappa shape index (κ1) is 33.0. The van der Waals surface area contributed by atoms with E-state index in [1.807, 2.05) is 54.6 Å². The zero-order valence-corrected chi connectivity index (χ0v) is 29.7. The molecule has 0 N–H and O–H groups in total. The van der Waals surface area contributed by atoms with Gasteiger partial charge in [-0.1, -0.05) is 121 Å². The molecule has 8 nitrogen and oxygen atoms in total. The Balaban J connectivity index is 0.000000377. The van der Waals surface area contributed by atoms with E-state index >= 15 is 0 Å². The third-order valence-electron chi connectivity index (χ3n) is 7.97. The molecule has 47 heavy (non-hydrogen) atoms. The van der Waals surface area contributed by atoms with Crippen LogP contribution in [0.4, 0.5) is 0 Å². The molecule has 0 bridgehead atoms. The van der Waals surface area contributed by atoms with Crippen LogP contribution in [0.25, 0.3) is 33.8 Å². The summed E-state index contributed by atoms with van der Waals surface area (Å²) in [5, 5.41) is 25.4. The number of carbonyl (C=O) groups is 1. The minimum Gasteiger partial charge on any atom is -0.545 e. The molecule has 0 fully saturated rings. The normalized spacial score (nSPS) is 10.6. The number of hydrogen-bond donors (Lipinski definition) is 0. The molecule has 0 aliphatic carbocycles. The molecule has 4 aromatic carbocycles. The van der Waals surface area contributed by atoms with Crippen LogP contribution in [0.1, 0.15) is 27.4 Å². The van der Waals surface area contributed by atoms with Gasteiger partial charge in [0.05, 0.1) is 23.1 Å². The van der Waals surface area contributed by atoms with Crippen molar-refractivity contribution in [3.05, 3.63) is 162 Å². The van der Waals surface area contributed by atoms with Gasteiger partial charge in [0, 0.05) is 16.7 Å². The second-order valence-corrected chi connectivity index (χ2v) is 11.2. The molecule has 3 aromatic heterocycles. The number of aromatic nitrogens is 6. The first-order valence-electron chi connectivity index (χ1n) is 15.2. The fraction of sp³-hybridized carbons (Fsp3) is 0.0811. The van der Waals surface area contributed by atoms with Gasteiger partial charge in [0.15, 0.2) is 0 Å². The zero-order chi connectivity index (χ0) is 32.0. The molecular weight excluding hydrogens is 637 g/mol. The van der Waals surface area contributed by atoms with E-state index in [0.29, 0.717) is 0 Å². The van der Waals surface area contributed by atoms with Gasteiger partial charge in [0.25, 0.3) is 0 Å². The van der Waals surface area contributed by atoms with E-state index in [4.69, 9.17) is 15.3 Å². The van der Waals surface area contributed by atoms with E-state index in [9.17, 15) is 9.90 Å². The van der Waals surface area contributed by atoms with Gasteiger partial charge in [0.1, 0.15) is 0 Å². The average molecular weight is 670 g/mol. The summed E-state index contributed by atoms with van der Waals surface area (Å²) in [6, 6.07) is 45.4. The Morgan fingerprint density at radius 1 is 0.511 bits per heavy atom. The van der Waals surface area contributed by atoms with Gasteiger partial charge in [-0.2, -0.15) is 0 Å². The van der Waals surface area contributed by atoms with Gasteiger partial charge in [-0.3, -0.25) is 0 Å². The van der Waals surface area contributed by atoms with Crippen molar-refractivity contribution in [3.8, 4) is 33.8 Å². The quantitative estimate of drug-likeness (QED) is 0.197. The smallest absolute Gasteiger partial charge is 0.545 e. The molecule has 10 heteroatoms. The number of carboxylic acid groups (broad SMARTS) is 1. The van der Waals surface area contributed by atoms with Crippen molar-refractivity contribution in [2.45, 2.75) is 20.8 Å². The summed E-state index contributed by atoms with van der Waals surface area (Å²) in [7, 11) is -1.55. The van der Waals surface area contributed by atoms with Crippen molar-refractivity contribution in [2.75, 3.05) is 0 Å². The van der Waals surface area contributed by atoms with Crippen molar-refractivity contribution in [1.82, 2.24) is 29.1 Å². The fourth-order valence-corrected chi connectivity index (χ4v) is 5.59. The number of benzene rings is 4. The predicted octanol–water partition coefficient (Wildman–Crippen LogP) is 5.91. The monoisotopic (exact) mass is 668 g/mol. The van der Waals surface area contributed by atoms with Gasteiger partial charge >= 0.3 is 26.6 Å². The SMILES string of the molecule is Cc1cc(-c2ccccc2)nn1[BH-](n1nc(-c2ccccc2)cc1C)n1nc(-c2ccccc2)cc1C.O=C([O-])c1ccccc1.[Zn+2]. The minimum atomic E-state index is -1.55. The Kier molecular flexibility index (Phi) is 10.4. The maximum Gasteiger partial charge on any atom is 2.00 e. The zero-order valence-electron chi connectivity index (χ0n) is 26.7. The summed E-state index contributed by atoms with van der Waals surface area (Å²) >= 11 is 0. The maximum absolute atomic E-state index is 10.1. The van der Waals surface area contributed by atoms with Crippen LogP contribution < -0.4 is 5.11 Å². The molecule has 228 valence electrons. The largest absolute Gasteiger partial charge is 2.00 e. The summed E-state index contributed by atoms with van der Waals surface area (Å²) in [6.07, 6.45) is 0. The molecule has 7 rings (SSSR count). The van der Waals surface area contributed by atoms with Crippen LogP contribution >= 0.6 is 0 Å². The topological polar surface area (TPSA) is 93.6 Å². The molecule has 0 saturated carbocycles. The molecular formula is C37H33BN6O2Zn. The molecule has 0 spiro atoms. The summed E-state index contributed by atoms with van der Waals surface area (Å²) in [5.74, 6) is -1.13. The van der Waals surface area contributed by atoms with Crippen molar-refractivity contribution in [2.24, 2.45) is 0 Å². The van der Waals surface area contributed by atoms with Gasteiger partial charge in [-0.25, -0.2) is 15.3 Å². The van der Waals surface area contributed by atoms with Crippen LogP contribution in [-0.4, -0.2) is 42.2 Å². The van der Waals surface area contributed by atoms with Crippen molar-refractivity contribution >= 4 is 13.1 Å². The molecule has 0 atom stereocenters. The van der Waals surface area contributed by atoms with Crippen LogP contribution in [0.2, 0.25) is 0 Å². The molecule has 0 saturated heterocycles. The summed E-state index contributed by atoms with van der Waals surface area (Å²) in [4.78, 5) is 10.1. The third-order valence-corrected chi connectivity index (χ3v) is 7.97. The van der Waals surface area contributed by atoms with Crippen molar-refractivity contribution < 1.29 is 29.4 Å². The Morgan fingerprint density at radius 3 is 1.04 bits per heavy atom. The Hall–Kier alpha value is -5.33. The summed E-state index contributed by atoms with van der Waals surface area (Å²) in [6.45, 7) is 6.31. The first-order valence-corrected chi connectivity index (χ1v) is 15.2. The number of nitrogens with zero attached hydrogens (tertiary/aromatic N) is 6. The van der Waals surface area contributed by atoms with Crippen molar-refractivity contribution in [3.63, 3.8) is 0 Å². The molecule has 3 heterocycles. The van der Waals surface area contributed by atoms with Crippen molar-refractivity contribution in [1.29, 1.82) is 0 Å². The number of rotatable bonds is 7. The van der Waals surface area contributed by atoms with Gasteiger partial charge < -0.3 is 23.7 Å². The second kappa shape index (κ2) is 14.8. The van der Waals surface area contributed by atoms with Gasteiger partial charge in [0.2, 0.25) is 0 Å². The Bertz CT molecular complexity index is 1860. The average Bonchev–Trinajstić information content (AvgIpc) is 3.80. The van der Waals surface area contributed by atoms with E-state index in [2.05, 4.69) is 89.1 Å². The molecule has 0 unspecified atom stereocenters. The maximum atomic E-state index is 10.1. The second-order valence-electron chi connectivity index (χ2n) is 11.2. The van der Waals surface area contributed by atoms with Gasteiger partial charge in [-0.05, 0) is 61.6 Å². The summed E-state index contributed by atoms with van der Waals surface area (Å²) < 4.78 is 6.31. The van der Waals surface area contributed by atoms with Crippen LogP contribution in [0.5, 0.6) is 0 Å². The number of aryl methyl sites for hydroxylation is 3. The molecule has 0 amide bonds. The first-order chi connectivity index (χ1) is 22.4. The van der Waals surface area contributed by atoms with E-state index in [-0.39, 0.29) is 25.0 Å². The van der Waals surface area contributed by atoms with E-state index in [1.165, 1.54) is 12.1 Å². The number of hydrogen-bond acceptors (Lipinski definition) is 5. The Morgan fingerprint density at radius 2 is 0.787 bits per heavy atom. The minimum absolute atomic E-state index is 0.